The average Bonchev–Trinajstić information content (AvgIpc) is 2.30. The summed E-state index contributed by atoms with van der Waals surface area (Å²) in [5.74, 6) is 1.97. The SMILES string of the molecule is CCc1nc(N)c(C)c(NCC(C)S(C)=O)n1. The van der Waals surface area contributed by atoms with Crippen molar-refractivity contribution in [3.63, 3.8) is 0 Å². The van der Waals surface area contributed by atoms with E-state index in [9.17, 15) is 4.21 Å². The maximum Gasteiger partial charge on any atom is 0.134 e. The second-order valence-corrected chi connectivity index (χ2v) is 5.84. The predicted molar refractivity (Wildman–Crippen MR) is 72.6 cm³/mol. The zero-order valence-corrected chi connectivity index (χ0v) is 11.6. The molecule has 0 saturated carbocycles. The molecule has 0 radical (unpaired) electrons. The molecule has 1 aromatic heterocycles. The van der Waals surface area contributed by atoms with E-state index < -0.39 is 10.8 Å². The summed E-state index contributed by atoms with van der Waals surface area (Å²) < 4.78 is 11.3. The van der Waals surface area contributed by atoms with Crippen molar-refractivity contribution in [3.8, 4) is 0 Å². The number of anilines is 2. The van der Waals surface area contributed by atoms with Gasteiger partial charge in [0.25, 0.3) is 0 Å². The van der Waals surface area contributed by atoms with Crippen LogP contribution in [0.2, 0.25) is 0 Å². The van der Waals surface area contributed by atoms with Crippen LogP contribution in [0.3, 0.4) is 0 Å². The molecule has 5 nitrogen and oxygen atoms in total. The molecule has 17 heavy (non-hydrogen) atoms. The Bertz CT molecular complexity index is 422. The molecule has 6 heteroatoms. The zero-order valence-electron chi connectivity index (χ0n) is 10.8. The molecule has 1 aromatic rings. The minimum atomic E-state index is -0.840. The Labute approximate surface area is 105 Å². The van der Waals surface area contributed by atoms with Gasteiger partial charge in [0.15, 0.2) is 0 Å². The van der Waals surface area contributed by atoms with E-state index in [1.165, 1.54) is 0 Å². The van der Waals surface area contributed by atoms with E-state index in [1.54, 1.807) is 6.26 Å². The number of nitrogens with one attached hydrogen (secondary N) is 1. The van der Waals surface area contributed by atoms with Gasteiger partial charge in [-0.25, -0.2) is 9.97 Å². The van der Waals surface area contributed by atoms with Crippen molar-refractivity contribution in [3.05, 3.63) is 11.4 Å². The molecule has 0 aliphatic heterocycles. The minimum Gasteiger partial charge on any atom is -0.383 e. The van der Waals surface area contributed by atoms with Gasteiger partial charge in [0.1, 0.15) is 17.5 Å². The summed E-state index contributed by atoms with van der Waals surface area (Å²) in [5.41, 5.74) is 6.66. The Morgan fingerprint density at radius 1 is 1.47 bits per heavy atom. The lowest BCUT2D eigenvalue weighted by Crippen LogP contribution is -2.22. The van der Waals surface area contributed by atoms with E-state index >= 15 is 0 Å². The Kier molecular flexibility index (Phi) is 4.86. The molecule has 0 aliphatic carbocycles. The van der Waals surface area contributed by atoms with Crippen LogP contribution < -0.4 is 11.1 Å². The highest BCUT2D eigenvalue weighted by molar-refractivity contribution is 7.84. The first kappa shape index (κ1) is 13.9. The van der Waals surface area contributed by atoms with Crippen molar-refractivity contribution in [1.82, 2.24) is 9.97 Å². The van der Waals surface area contributed by atoms with Crippen LogP contribution in [-0.4, -0.2) is 32.2 Å². The summed E-state index contributed by atoms with van der Waals surface area (Å²) in [6.45, 7) is 6.41. The summed E-state index contributed by atoms with van der Waals surface area (Å²) in [7, 11) is -0.840. The van der Waals surface area contributed by atoms with Crippen molar-refractivity contribution in [2.24, 2.45) is 0 Å². The second-order valence-electron chi connectivity index (χ2n) is 4.04. The van der Waals surface area contributed by atoms with Crippen LogP contribution in [0.4, 0.5) is 11.6 Å². The smallest absolute Gasteiger partial charge is 0.134 e. The van der Waals surface area contributed by atoms with Gasteiger partial charge < -0.3 is 11.1 Å². The molecule has 3 N–H and O–H groups in total. The van der Waals surface area contributed by atoms with E-state index in [4.69, 9.17) is 5.73 Å². The standard InChI is InChI=1S/C11H20N4OS/c1-5-9-14-10(12)8(3)11(15-9)13-6-7(2)17(4)16/h7H,5-6H2,1-4H3,(H3,12,13,14,15). The first-order valence-electron chi connectivity index (χ1n) is 5.64. The van der Waals surface area contributed by atoms with Gasteiger partial charge in [0.2, 0.25) is 0 Å². The van der Waals surface area contributed by atoms with Gasteiger partial charge in [0, 0.05) is 40.8 Å². The van der Waals surface area contributed by atoms with Gasteiger partial charge >= 0.3 is 0 Å². The minimum absolute atomic E-state index is 0.0793. The molecule has 0 saturated heterocycles. The largest absolute Gasteiger partial charge is 0.383 e. The molecule has 0 spiro atoms. The molecule has 0 aliphatic rings. The topological polar surface area (TPSA) is 80.9 Å². The maximum atomic E-state index is 11.3. The molecular formula is C11H20N4OS. The molecule has 0 amide bonds. The number of hydrogen-bond acceptors (Lipinski definition) is 5. The van der Waals surface area contributed by atoms with Crippen LogP contribution in [0.15, 0.2) is 0 Å². The van der Waals surface area contributed by atoms with Crippen LogP contribution in [0.5, 0.6) is 0 Å². The summed E-state index contributed by atoms with van der Waals surface area (Å²) in [6.07, 6.45) is 2.44. The van der Waals surface area contributed by atoms with E-state index in [0.29, 0.717) is 12.4 Å². The number of aromatic nitrogens is 2. The van der Waals surface area contributed by atoms with E-state index in [1.807, 2.05) is 20.8 Å². The summed E-state index contributed by atoms with van der Waals surface area (Å²) in [4.78, 5) is 8.56. The average molecular weight is 256 g/mol. The van der Waals surface area contributed by atoms with Crippen LogP contribution >= 0.6 is 0 Å². The number of rotatable bonds is 5. The number of aryl methyl sites for hydroxylation is 1. The number of hydrogen-bond donors (Lipinski definition) is 2. The Morgan fingerprint density at radius 2 is 2.12 bits per heavy atom. The van der Waals surface area contributed by atoms with Crippen LogP contribution in [0.1, 0.15) is 25.2 Å². The van der Waals surface area contributed by atoms with Gasteiger partial charge in [-0.1, -0.05) is 6.92 Å². The lowest BCUT2D eigenvalue weighted by molar-refractivity contribution is 0.678. The lowest BCUT2D eigenvalue weighted by Gasteiger charge is -2.14. The van der Waals surface area contributed by atoms with Crippen molar-refractivity contribution in [1.29, 1.82) is 0 Å². The fourth-order valence-electron chi connectivity index (χ4n) is 1.27. The van der Waals surface area contributed by atoms with E-state index in [2.05, 4.69) is 15.3 Å². The quantitative estimate of drug-likeness (QED) is 0.825. The van der Waals surface area contributed by atoms with Crippen molar-refractivity contribution in [2.45, 2.75) is 32.4 Å². The van der Waals surface area contributed by atoms with E-state index in [-0.39, 0.29) is 5.25 Å². The second kappa shape index (κ2) is 5.95. The molecule has 0 aromatic carbocycles. The third-order valence-electron chi connectivity index (χ3n) is 2.67. The van der Waals surface area contributed by atoms with Gasteiger partial charge in [-0.15, -0.1) is 0 Å². The summed E-state index contributed by atoms with van der Waals surface area (Å²) in [5, 5.41) is 3.26. The molecule has 96 valence electrons. The molecule has 1 heterocycles. The molecule has 2 unspecified atom stereocenters. The van der Waals surface area contributed by atoms with Gasteiger partial charge in [-0.3, -0.25) is 4.21 Å². The first-order valence-corrected chi connectivity index (χ1v) is 7.26. The lowest BCUT2D eigenvalue weighted by atomic mass is 10.3. The fraction of sp³-hybridized carbons (Fsp3) is 0.636. The highest BCUT2D eigenvalue weighted by Gasteiger charge is 2.10. The third-order valence-corrected chi connectivity index (χ3v) is 3.97. The first-order chi connectivity index (χ1) is 7.95. The highest BCUT2D eigenvalue weighted by Crippen LogP contribution is 2.17. The molecule has 0 fully saturated rings. The van der Waals surface area contributed by atoms with Crippen LogP contribution in [0, 0.1) is 6.92 Å². The number of nitrogens with two attached hydrogens (primary N) is 1. The van der Waals surface area contributed by atoms with E-state index in [0.717, 1.165) is 23.6 Å². The fourth-order valence-corrected chi connectivity index (χ4v) is 1.59. The van der Waals surface area contributed by atoms with Gasteiger partial charge in [-0.2, -0.15) is 0 Å². The Hall–Kier alpha value is -1.17. The normalized spacial score (nSPS) is 14.4. The van der Waals surface area contributed by atoms with Crippen LogP contribution in [0.25, 0.3) is 0 Å². The number of nitrogens with zero attached hydrogens (tertiary/aromatic N) is 2. The Balaban J connectivity index is 2.83. The number of nitrogen functional groups attached to an aromatic ring is 1. The van der Waals surface area contributed by atoms with Crippen LogP contribution in [-0.2, 0) is 17.2 Å². The molecular weight excluding hydrogens is 236 g/mol. The maximum absolute atomic E-state index is 11.3. The van der Waals surface area contributed by atoms with Crippen molar-refractivity contribution >= 4 is 22.4 Å². The summed E-state index contributed by atoms with van der Waals surface area (Å²) in [6, 6.07) is 0. The highest BCUT2D eigenvalue weighted by atomic mass is 32.2. The molecule has 0 bridgehead atoms. The predicted octanol–water partition coefficient (Wildman–Crippen LogP) is 1.11. The third kappa shape index (κ3) is 3.66. The Morgan fingerprint density at radius 3 is 2.65 bits per heavy atom. The van der Waals surface area contributed by atoms with Gasteiger partial charge in [-0.05, 0) is 13.8 Å². The molecule has 2 atom stereocenters. The van der Waals surface area contributed by atoms with Crippen molar-refractivity contribution in [2.75, 3.05) is 23.9 Å². The molecule has 1 rings (SSSR count). The van der Waals surface area contributed by atoms with Crippen molar-refractivity contribution < 1.29 is 4.21 Å². The monoisotopic (exact) mass is 256 g/mol. The van der Waals surface area contributed by atoms with Gasteiger partial charge in [0.05, 0.1) is 0 Å². The summed E-state index contributed by atoms with van der Waals surface area (Å²) >= 11 is 0. The zero-order chi connectivity index (χ0) is 13.0.